The van der Waals surface area contributed by atoms with Crippen LogP contribution in [0.2, 0.25) is 0 Å². The van der Waals surface area contributed by atoms with Crippen molar-refractivity contribution in [3.8, 4) is 22.3 Å². The Morgan fingerprint density at radius 1 is 0.472 bits per heavy atom. The van der Waals surface area contributed by atoms with Crippen LogP contribution in [0.4, 0.5) is 0 Å². The molecule has 0 saturated carbocycles. The summed E-state index contributed by atoms with van der Waals surface area (Å²) in [5, 5.41) is 0. The molecule has 0 aromatic heterocycles. The van der Waals surface area contributed by atoms with Gasteiger partial charge in [-0.1, -0.05) is 0 Å². The second kappa shape index (κ2) is 14.1. The fourth-order valence-electron chi connectivity index (χ4n) is 9.87. The maximum atomic E-state index is 2.62. The van der Waals surface area contributed by atoms with Crippen LogP contribution in [-0.4, -0.2) is 6.88 Å². The molecule has 0 radical (unpaired) electrons. The number of hydrogen-bond acceptors (Lipinski definition) is 0. The van der Waals surface area contributed by atoms with Gasteiger partial charge in [0.25, 0.3) is 0 Å². The first-order valence-electron chi connectivity index (χ1n) is 18.6. The van der Waals surface area contributed by atoms with Crippen molar-refractivity contribution >= 4 is 44.3 Å². The average molecular weight is 831 g/mol. The maximum absolute atomic E-state index is 4.83. The van der Waals surface area contributed by atoms with Crippen LogP contribution < -0.4 is 6.54 Å². The molecular formula is C49H52Cl2SiZr. The van der Waals surface area contributed by atoms with Crippen molar-refractivity contribution in [1.82, 2.24) is 0 Å². The normalized spacial score (nSPS) is 15.4. The third-order valence-corrected chi connectivity index (χ3v) is 40.2. The van der Waals surface area contributed by atoms with E-state index in [4.69, 9.17) is 0 Å². The van der Waals surface area contributed by atoms with E-state index in [1.165, 1.54) is 61.2 Å². The summed E-state index contributed by atoms with van der Waals surface area (Å²) >= 11 is -4.83. The van der Waals surface area contributed by atoms with E-state index in [9.17, 15) is 0 Å². The van der Waals surface area contributed by atoms with Crippen molar-refractivity contribution in [3.05, 3.63) is 185 Å². The minimum atomic E-state index is -4.83. The Kier molecular flexibility index (Phi) is 10.5. The van der Waals surface area contributed by atoms with Crippen molar-refractivity contribution in [2.24, 2.45) is 0 Å². The van der Waals surface area contributed by atoms with E-state index in [1.54, 1.807) is 6.54 Å². The SMILES string of the molecule is CC1=Cc2c(-c3ccccc3)cccc2[CH]1[Zr](=[SiH2])([c]1ccccc1)([c]1ccccc1)[CH]1c2cc(C(C)(C)C)ccc2-c2ccc(C(C)(C)C)cc21.Cl.Cl. The minimum Gasteiger partial charge on any atom is -0.147 e. The van der Waals surface area contributed by atoms with Gasteiger partial charge in [0, 0.05) is 0 Å². The first-order chi connectivity index (χ1) is 24.3. The average Bonchev–Trinajstić information content (AvgIpc) is 3.66. The largest absolute Gasteiger partial charge is 0.147 e. The van der Waals surface area contributed by atoms with Gasteiger partial charge in [-0.2, -0.15) is 0 Å². The number of benzene rings is 6. The van der Waals surface area contributed by atoms with Crippen molar-refractivity contribution < 1.29 is 17.4 Å². The third-order valence-electron chi connectivity index (χ3n) is 12.3. The zero-order valence-corrected chi connectivity index (χ0v) is 37.6. The molecule has 6 aromatic rings. The van der Waals surface area contributed by atoms with Gasteiger partial charge in [-0.3, -0.25) is 0 Å². The smallest absolute Gasteiger partial charge is 0.147 e. The van der Waals surface area contributed by atoms with Gasteiger partial charge >= 0.3 is 310 Å². The number of allylic oxidation sites excluding steroid dienone is 1. The molecule has 0 N–H and O–H groups in total. The predicted octanol–water partition coefficient (Wildman–Crippen LogP) is 11.9. The molecule has 8 rings (SSSR count). The molecule has 1 unspecified atom stereocenters. The van der Waals surface area contributed by atoms with Crippen molar-refractivity contribution in [2.45, 2.75) is 66.5 Å². The third kappa shape index (κ3) is 6.04. The molecule has 270 valence electrons. The molecular weight excluding hydrogens is 779 g/mol. The summed E-state index contributed by atoms with van der Waals surface area (Å²) in [6.07, 6.45) is 2.56. The molecule has 53 heavy (non-hydrogen) atoms. The summed E-state index contributed by atoms with van der Waals surface area (Å²) in [6, 6.07) is 56.8. The van der Waals surface area contributed by atoms with Crippen LogP contribution in [0, 0.1) is 0 Å². The Hall–Kier alpha value is -3.26. The molecule has 0 spiro atoms. The van der Waals surface area contributed by atoms with Gasteiger partial charge < -0.3 is 0 Å². The molecule has 2 aliphatic rings. The topological polar surface area (TPSA) is 0 Å². The fraction of sp³-hybridized carbons (Fsp3) is 0.224. The van der Waals surface area contributed by atoms with E-state index in [-0.39, 0.29) is 42.9 Å². The summed E-state index contributed by atoms with van der Waals surface area (Å²) in [4.78, 5) is 0. The first kappa shape index (κ1) is 39.4. The molecule has 6 aromatic carbocycles. The van der Waals surface area contributed by atoms with Crippen LogP contribution in [0.5, 0.6) is 0 Å². The number of hydrogen-bond donors (Lipinski definition) is 0. The molecule has 0 nitrogen and oxygen atoms in total. The molecule has 0 aliphatic heterocycles. The first-order valence-corrected chi connectivity index (χ1v) is 29.8. The van der Waals surface area contributed by atoms with Gasteiger partial charge in [0.2, 0.25) is 0 Å². The summed E-state index contributed by atoms with van der Waals surface area (Å²) in [6.45, 7) is 19.1. The zero-order valence-electron chi connectivity index (χ0n) is 32.1. The standard InChI is InChI=1S/C21H25.C16H13.2C6H5.2ClH.H2Si.Zr/c1-20(2,3)16-7-9-18-14(12-16)11-15-13-17(21(4,5)6)8-10-19(15)18;1-12-10-14-8-5-9-15(16(14)11-12)13-6-3-2-4-7-13;2*1-2-4-6-5-3-1;;;;/h7-13H,1-6H3;2-11H,1H3;2*1-5H;2*1H;1H2;. The second-order valence-electron chi connectivity index (χ2n) is 17.4. The molecule has 0 fully saturated rings. The summed E-state index contributed by atoms with van der Waals surface area (Å²) in [7, 11) is 0. The summed E-state index contributed by atoms with van der Waals surface area (Å²) < 4.78 is 3.63. The molecule has 0 saturated heterocycles. The van der Waals surface area contributed by atoms with Crippen LogP contribution in [-0.2, 0) is 28.2 Å². The number of rotatable bonds is 5. The van der Waals surface area contributed by atoms with Gasteiger partial charge in [0.05, 0.1) is 0 Å². The molecule has 2 aliphatic carbocycles. The van der Waals surface area contributed by atoms with Crippen molar-refractivity contribution in [2.75, 3.05) is 0 Å². The predicted molar refractivity (Wildman–Crippen MR) is 235 cm³/mol. The zero-order chi connectivity index (χ0) is 35.8. The summed E-state index contributed by atoms with van der Waals surface area (Å²) in [5.74, 6) is 0. The molecule has 0 bridgehead atoms. The molecule has 0 heterocycles. The Morgan fingerprint density at radius 2 is 0.925 bits per heavy atom. The quantitative estimate of drug-likeness (QED) is 0.152. The summed E-state index contributed by atoms with van der Waals surface area (Å²) in [5.41, 5.74) is 15.8. The van der Waals surface area contributed by atoms with Crippen LogP contribution in [0.15, 0.2) is 151 Å². The van der Waals surface area contributed by atoms with Gasteiger partial charge in [0.15, 0.2) is 0 Å². The monoisotopic (exact) mass is 828 g/mol. The van der Waals surface area contributed by atoms with Gasteiger partial charge in [-0.25, -0.2) is 0 Å². The Balaban J connectivity index is 0.00000240. The van der Waals surface area contributed by atoms with Crippen molar-refractivity contribution in [3.63, 3.8) is 0 Å². The maximum Gasteiger partial charge on any atom is -0.147 e. The van der Waals surface area contributed by atoms with E-state index in [1.807, 2.05) is 0 Å². The van der Waals surface area contributed by atoms with Crippen LogP contribution in [0.3, 0.4) is 0 Å². The fourth-order valence-corrected chi connectivity index (χ4v) is 38.0. The van der Waals surface area contributed by atoms with Crippen LogP contribution in [0.1, 0.15) is 89.1 Å². The number of halogens is 2. The Bertz CT molecular complexity index is 2290. The Morgan fingerprint density at radius 3 is 1.38 bits per heavy atom. The Labute approximate surface area is 332 Å². The van der Waals surface area contributed by atoms with Gasteiger partial charge in [0.1, 0.15) is 0 Å². The van der Waals surface area contributed by atoms with Gasteiger partial charge in [-0.15, -0.1) is 24.8 Å². The van der Waals surface area contributed by atoms with E-state index in [0.29, 0.717) is 0 Å². The minimum absolute atomic E-state index is 0. The van der Waals surface area contributed by atoms with E-state index in [2.05, 4.69) is 207 Å². The number of fused-ring (bicyclic) bond motifs is 4. The van der Waals surface area contributed by atoms with Crippen LogP contribution >= 0.6 is 24.8 Å². The molecule has 0 amide bonds. The second-order valence-corrected chi connectivity index (χ2v) is 40.1. The molecule has 1 atom stereocenters. The van der Waals surface area contributed by atoms with E-state index < -0.39 is 17.4 Å². The van der Waals surface area contributed by atoms with E-state index >= 15 is 0 Å². The van der Waals surface area contributed by atoms with E-state index in [0.717, 1.165) is 0 Å². The van der Waals surface area contributed by atoms with Crippen LogP contribution in [0.25, 0.3) is 28.3 Å². The van der Waals surface area contributed by atoms with Crippen molar-refractivity contribution in [1.29, 1.82) is 0 Å². The van der Waals surface area contributed by atoms with Gasteiger partial charge in [-0.05, 0) is 0 Å². The molecule has 4 heteroatoms.